The number of hydrogen-bond acceptors (Lipinski definition) is 8. The average molecular weight is 477 g/mol. The lowest BCUT2D eigenvalue weighted by molar-refractivity contribution is -0.385. The van der Waals surface area contributed by atoms with Crippen molar-refractivity contribution in [3.63, 3.8) is 0 Å². The number of ether oxygens (including phenoxy) is 3. The summed E-state index contributed by atoms with van der Waals surface area (Å²) in [5.74, 6) is 0.530. The zero-order chi connectivity index (χ0) is 23.6. The van der Waals surface area contributed by atoms with Crippen LogP contribution in [0.3, 0.4) is 0 Å². The van der Waals surface area contributed by atoms with Crippen LogP contribution in [0.2, 0.25) is 0 Å². The maximum Gasteiger partial charge on any atom is 0.311 e. The molecule has 0 aliphatic carbocycles. The van der Waals surface area contributed by atoms with E-state index in [1.54, 1.807) is 19.1 Å². The number of nitro benzene ring substituents is 1. The van der Waals surface area contributed by atoms with Gasteiger partial charge in [-0.3, -0.25) is 14.9 Å². The highest BCUT2D eigenvalue weighted by Crippen LogP contribution is 2.33. The molecule has 0 atom stereocenters. The van der Waals surface area contributed by atoms with Gasteiger partial charge in [0.2, 0.25) is 10.0 Å². The maximum atomic E-state index is 13.0. The molecule has 2 aromatic rings. The Kier molecular flexibility index (Phi) is 6.38. The Balaban J connectivity index is 1.36. The molecule has 12 heteroatoms. The molecule has 33 heavy (non-hydrogen) atoms. The van der Waals surface area contributed by atoms with E-state index in [1.165, 1.54) is 33.5 Å². The summed E-state index contributed by atoms with van der Waals surface area (Å²) in [4.78, 5) is 24.8. The lowest BCUT2D eigenvalue weighted by atomic mass is 10.2. The van der Waals surface area contributed by atoms with Crippen molar-refractivity contribution in [2.24, 2.45) is 0 Å². The van der Waals surface area contributed by atoms with Crippen LogP contribution in [0.15, 0.2) is 41.3 Å². The van der Waals surface area contributed by atoms with Crippen molar-refractivity contribution in [2.75, 3.05) is 46.0 Å². The fraction of sp³-hybridized carbons (Fsp3) is 0.381. The Morgan fingerprint density at radius 2 is 1.76 bits per heavy atom. The first-order chi connectivity index (χ1) is 15.8. The summed E-state index contributed by atoms with van der Waals surface area (Å²) in [5.41, 5.74) is 0.494. The molecule has 0 unspecified atom stereocenters. The van der Waals surface area contributed by atoms with E-state index in [2.05, 4.69) is 0 Å². The second-order valence-electron chi connectivity index (χ2n) is 7.61. The van der Waals surface area contributed by atoms with Gasteiger partial charge in [0.05, 0.1) is 9.82 Å². The molecule has 1 saturated heterocycles. The Morgan fingerprint density at radius 3 is 2.45 bits per heavy atom. The van der Waals surface area contributed by atoms with Crippen LogP contribution in [-0.2, 0) is 14.8 Å². The Hall–Kier alpha value is -3.38. The zero-order valence-electron chi connectivity index (χ0n) is 17.9. The van der Waals surface area contributed by atoms with Crippen molar-refractivity contribution < 1.29 is 32.3 Å². The van der Waals surface area contributed by atoms with Gasteiger partial charge in [-0.15, -0.1) is 0 Å². The van der Waals surface area contributed by atoms with Gasteiger partial charge in [-0.2, -0.15) is 4.31 Å². The number of benzene rings is 2. The SMILES string of the molecule is Cc1ccc(OCC(=O)N2CCN(S(=O)(=O)c3ccc4c(c3)OCCO4)CC2)c([N+](=O)[O-])c1. The molecule has 0 aromatic heterocycles. The predicted octanol–water partition coefficient (Wildman–Crippen LogP) is 1.59. The lowest BCUT2D eigenvalue weighted by Crippen LogP contribution is -2.51. The number of nitrogens with zero attached hydrogens (tertiary/aromatic N) is 3. The third-order valence-electron chi connectivity index (χ3n) is 5.41. The lowest BCUT2D eigenvalue weighted by Gasteiger charge is -2.34. The molecule has 4 rings (SSSR count). The van der Waals surface area contributed by atoms with E-state index in [0.29, 0.717) is 30.3 Å². The van der Waals surface area contributed by atoms with Crippen LogP contribution in [0.4, 0.5) is 5.69 Å². The van der Waals surface area contributed by atoms with Gasteiger partial charge in [0, 0.05) is 38.3 Å². The summed E-state index contributed by atoms with van der Waals surface area (Å²) in [6.07, 6.45) is 0. The number of piperazine rings is 1. The van der Waals surface area contributed by atoms with E-state index >= 15 is 0 Å². The van der Waals surface area contributed by atoms with Crippen LogP contribution >= 0.6 is 0 Å². The number of aryl methyl sites for hydroxylation is 1. The van der Waals surface area contributed by atoms with Gasteiger partial charge >= 0.3 is 5.69 Å². The highest BCUT2D eigenvalue weighted by Gasteiger charge is 2.31. The molecule has 2 aromatic carbocycles. The summed E-state index contributed by atoms with van der Waals surface area (Å²) in [7, 11) is -3.77. The van der Waals surface area contributed by atoms with E-state index in [4.69, 9.17) is 14.2 Å². The quantitative estimate of drug-likeness (QED) is 0.453. The molecule has 2 aliphatic rings. The summed E-state index contributed by atoms with van der Waals surface area (Å²) in [6, 6.07) is 8.99. The largest absolute Gasteiger partial charge is 0.486 e. The van der Waals surface area contributed by atoms with E-state index in [9.17, 15) is 23.3 Å². The van der Waals surface area contributed by atoms with Crippen molar-refractivity contribution in [3.8, 4) is 17.2 Å². The highest BCUT2D eigenvalue weighted by molar-refractivity contribution is 7.89. The first kappa shape index (κ1) is 22.8. The Morgan fingerprint density at radius 1 is 1.06 bits per heavy atom. The number of amides is 1. The highest BCUT2D eigenvalue weighted by atomic mass is 32.2. The molecule has 2 heterocycles. The van der Waals surface area contributed by atoms with Crippen LogP contribution in [-0.4, -0.2) is 74.5 Å². The van der Waals surface area contributed by atoms with Crippen molar-refractivity contribution in [2.45, 2.75) is 11.8 Å². The molecule has 0 spiro atoms. The van der Waals surface area contributed by atoms with E-state index in [1.807, 2.05) is 0 Å². The van der Waals surface area contributed by atoms with Crippen molar-refractivity contribution in [1.29, 1.82) is 0 Å². The molecule has 1 fully saturated rings. The molecular weight excluding hydrogens is 454 g/mol. The second-order valence-corrected chi connectivity index (χ2v) is 9.55. The van der Waals surface area contributed by atoms with Crippen LogP contribution < -0.4 is 14.2 Å². The normalized spacial score (nSPS) is 16.3. The topological polar surface area (TPSA) is 129 Å². The van der Waals surface area contributed by atoms with E-state index < -0.39 is 14.9 Å². The number of rotatable bonds is 6. The molecule has 176 valence electrons. The van der Waals surface area contributed by atoms with Gasteiger partial charge in [-0.05, 0) is 30.7 Å². The summed E-state index contributed by atoms with van der Waals surface area (Å²) < 4.78 is 43.7. The van der Waals surface area contributed by atoms with Crippen LogP contribution in [0.1, 0.15) is 5.56 Å². The monoisotopic (exact) mass is 477 g/mol. The summed E-state index contributed by atoms with van der Waals surface area (Å²) in [5, 5.41) is 11.2. The second kappa shape index (κ2) is 9.24. The van der Waals surface area contributed by atoms with Gasteiger partial charge < -0.3 is 19.1 Å². The van der Waals surface area contributed by atoms with Gasteiger partial charge in [-0.1, -0.05) is 6.07 Å². The molecular formula is C21H23N3O8S. The van der Waals surface area contributed by atoms with Crippen LogP contribution in [0.5, 0.6) is 17.2 Å². The van der Waals surface area contributed by atoms with Gasteiger partial charge in [0.15, 0.2) is 23.9 Å². The minimum absolute atomic E-state index is 0.0128. The third kappa shape index (κ3) is 4.86. The molecule has 2 aliphatic heterocycles. The van der Waals surface area contributed by atoms with Gasteiger partial charge in [0.25, 0.3) is 5.91 Å². The zero-order valence-corrected chi connectivity index (χ0v) is 18.7. The van der Waals surface area contributed by atoms with Crippen molar-refractivity contribution in [1.82, 2.24) is 9.21 Å². The number of hydrogen-bond donors (Lipinski definition) is 0. The summed E-state index contributed by atoms with van der Waals surface area (Å²) >= 11 is 0. The Bertz CT molecular complexity index is 1180. The first-order valence-electron chi connectivity index (χ1n) is 10.3. The number of fused-ring (bicyclic) bond motifs is 1. The van der Waals surface area contributed by atoms with Crippen molar-refractivity contribution >= 4 is 21.6 Å². The number of nitro groups is 1. The molecule has 0 bridgehead atoms. The van der Waals surface area contributed by atoms with Crippen LogP contribution in [0, 0.1) is 17.0 Å². The van der Waals surface area contributed by atoms with E-state index in [-0.39, 0.29) is 55.0 Å². The minimum atomic E-state index is -3.77. The number of sulfonamides is 1. The smallest absolute Gasteiger partial charge is 0.311 e. The average Bonchev–Trinajstić information content (AvgIpc) is 2.82. The first-order valence-corrected chi connectivity index (χ1v) is 11.7. The predicted molar refractivity (Wildman–Crippen MR) is 116 cm³/mol. The number of carbonyl (C=O) groups excluding carboxylic acids is 1. The molecule has 1 amide bonds. The van der Waals surface area contributed by atoms with Gasteiger partial charge in [0.1, 0.15) is 13.2 Å². The van der Waals surface area contributed by atoms with Crippen molar-refractivity contribution in [3.05, 3.63) is 52.1 Å². The fourth-order valence-corrected chi connectivity index (χ4v) is 5.07. The molecule has 0 saturated carbocycles. The summed E-state index contributed by atoms with van der Waals surface area (Å²) in [6.45, 7) is 2.71. The standard InChI is InChI=1S/C21H23N3O8S/c1-15-2-4-18(17(12-15)24(26)27)32-14-21(25)22-6-8-23(9-7-22)33(28,29)16-3-5-19-20(13-16)31-11-10-30-19/h2-5,12-13H,6-11,14H2,1H3. The fourth-order valence-electron chi connectivity index (χ4n) is 3.63. The maximum absolute atomic E-state index is 13.0. The number of carbonyl (C=O) groups is 1. The third-order valence-corrected chi connectivity index (χ3v) is 7.30. The van der Waals surface area contributed by atoms with Crippen LogP contribution in [0.25, 0.3) is 0 Å². The minimum Gasteiger partial charge on any atom is -0.486 e. The molecule has 11 nitrogen and oxygen atoms in total. The van der Waals surface area contributed by atoms with E-state index in [0.717, 1.165) is 0 Å². The molecule has 0 N–H and O–H groups in total. The Labute approximate surface area is 190 Å². The van der Waals surface area contributed by atoms with Gasteiger partial charge in [-0.25, -0.2) is 8.42 Å². The molecule has 0 radical (unpaired) electrons.